The number of aromatic nitrogens is 4. The van der Waals surface area contributed by atoms with Gasteiger partial charge in [-0.15, -0.1) is 0 Å². The van der Waals surface area contributed by atoms with Crippen molar-refractivity contribution in [3.05, 3.63) is 23.6 Å². The molecule has 1 aliphatic rings. The second kappa shape index (κ2) is 7.14. The summed E-state index contributed by atoms with van der Waals surface area (Å²) in [6.45, 7) is 0.740. The van der Waals surface area contributed by atoms with Gasteiger partial charge in [-0.2, -0.15) is 10.1 Å². The number of hydrogen-bond acceptors (Lipinski definition) is 6. The molecule has 2 aromatic heterocycles. The molecule has 1 saturated carbocycles. The van der Waals surface area contributed by atoms with Gasteiger partial charge in [0.1, 0.15) is 5.02 Å². The van der Waals surface area contributed by atoms with E-state index in [1.807, 2.05) is 13.2 Å². The molecule has 0 saturated heterocycles. The Hall–Kier alpha value is -1.86. The highest BCUT2D eigenvalue weighted by Gasteiger charge is 2.22. The molecule has 1 fully saturated rings. The van der Waals surface area contributed by atoms with Crippen molar-refractivity contribution in [2.45, 2.75) is 31.7 Å². The van der Waals surface area contributed by atoms with Crippen LogP contribution in [0.5, 0.6) is 0 Å². The molecular weight excluding hydrogens is 314 g/mol. The molecule has 0 radical (unpaired) electrons. The Balaban J connectivity index is 1.70. The van der Waals surface area contributed by atoms with Crippen molar-refractivity contribution in [2.24, 2.45) is 18.7 Å². The number of nitrogens with two attached hydrogens (primary N) is 1. The zero-order valence-electron chi connectivity index (χ0n) is 13.2. The Morgan fingerprint density at radius 2 is 2.26 bits per heavy atom. The van der Waals surface area contributed by atoms with Crippen LogP contribution in [0.25, 0.3) is 0 Å². The van der Waals surface area contributed by atoms with E-state index in [-0.39, 0.29) is 0 Å². The molecule has 2 unspecified atom stereocenters. The van der Waals surface area contributed by atoms with E-state index < -0.39 is 0 Å². The fraction of sp³-hybridized carbons (Fsp3) is 0.533. The molecule has 0 amide bonds. The highest BCUT2D eigenvalue weighted by molar-refractivity contribution is 6.32. The summed E-state index contributed by atoms with van der Waals surface area (Å²) in [5, 5.41) is 11.2. The van der Waals surface area contributed by atoms with Crippen molar-refractivity contribution in [1.82, 2.24) is 19.7 Å². The van der Waals surface area contributed by atoms with Crippen LogP contribution >= 0.6 is 11.6 Å². The van der Waals surface area contributed by atoms with Crippen LogP contribution < -0.4 is 16.4 Å². The van der Waals surface area contributed by atoms with Crippen molar-refractivity contribution >= 4 is 29.1 Å². The first-order valence-electron chi connectivity index (χ1n) is 7.89. The maximum absolute atomic E-state index is 6.24. The smallest absolute Gasteiger partial charge is 0.229 e. The number of nitrogens with one attached hydrogen (secondary N) is 2. The Bertz CT molecular complexity index is 657. The van der Waals surface area contributed by atoms with E-state index in [2.05, 4.69) is 25.7 Å². The average molecular weight is 336 g/mol. The first kappa shape index (κ1) is 16.0. The van der Waals surface area contributed by atoms with E-state index in [0.29, 0.717) is 28.7 Å². The van der Waals surface area contributed by atoms with E-state index in [9.17, 15) is 0 Å². The molecule has 23 heavy (non-hydrogen) atoms. The van der Waals surface area contributed by atoms with Crippen molar-refractivity contribution in [2.75, 3.05) is 17.2 Å². The van der Waals surface area contributed by atoms with Gasteiger partial charge in [0.25, 0.3) is 0 Å². The average Bonchev–Trinajstić information content (AvgIpc) is 2.96. The van der Waals surface area contributed by atoms with Crippen LogP contribution in [0.2, 0.25) is 5.02 Å². The quantitative estimate of drug-likeness (QED) is 0.777. The number of rotatable bonds is 5. The van der Waals surface area contributed by atoms with Crippen LogP contribution in [0.1, 0.15) is 25.7 Å². The molecule has 8 heteroatoms. The van der Waals surface area contributed by atoms with E-state index in [1.54, 1.807) is 17.1 Å². The number of halogens is 1. The summed E-state index contributed by atoms with van der Waals surface area (Å²) in [5.41, 5.74) is 6.64. The van der Waals surface area contributed by atoms with Gasteiger partial charge in [0, 0.05) is 19.3 Å². The number of aryl methyl sites for hydroxylation is 1. The topological polar surface area (TPSA) is 93.7 Å². The standard InChI is InChI=1S/C15H22ClN7/c1-23-9-12(7-19-23)21-15-18-8-13(16)14(22-15)20-11-4-2-3-10(5-11)6-17/h7-11H,2-6,17H2,1H3,(H2,18,20,21,22). The minimum atomic E-state index is 0.357. The minimum absolute atomic E-state index is 0.357. The van der Waals surface area contributed by atoms with Crippen molar-refractivity contribution in [1.29, 1.82) is 0 Å². The van der Waals surface area contributed by atoms with E-state index in [1.165, 1.54) is 12.8 Å². The van der Waals surface area contributed by atoms with Crippen LogP contribution in [-0.4, -0.2) is 32.3 Å². The summed E-state index contributed by atoms with van der Waals surface area (Å²) in [6.07, 6.45) is 9.75. The lowest BCUT2D eigenvalue weighted by Gasteiger charge is -2.29. The van der Waals surface area contributed by atoms with Crippen LogP contribution in [0.3, 0.4) is 0 Å². The van der Waals surface area contributed by atoms with Crippen LogP contribution in [0.15, 0.2) is 18.6 Å². The Morgan fingerprint density at radius 1 is 1.39 bits per heavy atom. The van der Waals surface area contributed by atoms with Gasteiger partial charge in [-0.05, 0) is 31.7 Å². The third-order valence-electron chi connectivity index (χ3n) is 4.16. The van der Waals surface area contributed by atoms with Crippen LogP contribution in [-0.2, 0) is 7.05 Å². The first-order chi connectivity index (χ1) is 11.1. The predicted octanol–water partition coefficient (Wildman–Crippen LogP) is 2.54. The van der Waals surface area contributed by atoms with Gasteiger partial charge in [0.05, 0.1) is 18.1 Å². The highest BCUT2D eigenvalue weighted by atomic mass is 35.5. The second-order valence-electron chi connectivity index (χ2n) is 6.03. The third kappa shape index (κ3) is 4.11. The van der Waals surface area contributed by atoms with Gasteiger partial charge in [-0.25, -0.2) is 4.98 Å². The molecule has 2 heterocycles. The fourth-order valence-corrected chi connectivity index (χ4v) is 3.12. The Kier molecular flexibility index (Phi) is 4.97. The lowest BCUT2D eigenvalue weighted by Crippen LogP contribution is -2.31. The molecule has 0 bridgehead atoms. The SMILES string of the molecule is Cn1cc(Nc2ncc(Cl)c(NC3CCCC(CN)C3)n2)cn1. The summed E-state index contributed by atoms with van der Waals surface area (Å²) in [5.74, 6) is 1.74. The molecule has 3 rings (SSSR count). The van der Waals surface area contributed by atoms with Crippen molar-refractivity contribution in [3.63, 3.8) is 0 Å². The fourth-order valence-electron chi connectivity index (χ4n) is 2.97. The van der Waals surface area contributed by atoms with E-state index in [4.69, 9.17) is 17.3 Å². The molecule has 2 atom stereocenters. The molecule has 0 aliphatic heterocycles. The monoisotopic (exact) mass is 335 g/mol. The summed E-state index contributed by atoms with van der Waals surface area (Å²) >= 11 is 6.24. The molecule has 4 N–H and O–H groups in total. The molecule has 7 nitrogen and oxygen atoms in total. The van der Waals surface area contributed by atoms with Crippen molar-refractivity contribution in [3.8, 4) is 0 Å². The van der Waals surface area contributed by atoms with E-state index >= 15 is 0 Å². The summed E-state index contributed by atoms with van der Waals surface area (Å²) in [7, 11) is 1.86. The molecule has 0 spiro atoms. The maximum Gasteiger partial charge on any atom is 0.229 e. The number of hydrogen-bond donors (Lipinski definition) is 3. The normalized spacial score (nSPS) is 21.2. The first-order valence-corrected chi connectivity index (χ1v) is 8.26. The Morgan fingerprint density at radius 3 is 3.00 bits per heavy atom. The third-order valence-corrected chi connectivity index (χ3v) is 4.44. The zero-order chi connectivity index (χ0) is 16.2. The summed E-state index contributed by atoms with van der Waals surface area (Å²) in [6, 6.07) is 0.357. The maximum atomic E-state index is 6.24. The van der Waals surface area contributed by atoms with Crippen LogP contribution in [0.4, 0.5) is 17.5 Å². The van der Waals surface area contributed by atoms with E-state index in [0.717, 1.165) is 25.1 Å². The Labute approximate surface area is 140 Å². The van der Waals surface area contributed by atoms with Gasteiger partial charge in [-0.1, -0.05) is 18.0 Å². The lowest BCUT2D eigenvalue weighted by molar-refractivity contribution is 0.342. The number of nitrogens with zero attached hydrogens (tertiary/aromatic N) is 4. The molecule has 2 aromatic rings. The highest BCUT2D eigenvalue weighted by Crippen LogP contribution is 2.28. The second-order valence-corrected chi connectivity index (χ2v) is 6.43. The van der Waals surface area contributed by atoms with Crippen LogP contribution in [0, 0.1) is 5.92 Å². The van der Waals surface area contributed by atoms with Gasteiger partial charge < -0.3 is 16.4 Å². The molecular formula is C15H22ClN7. The van der Waals surface area contributed by atoms with Gasteiger partial charge >= 0.3 is 0 Å². The van der Waals surface area contributed by atoms with Gasteiger partial charge in [-0.3, -0.25) is 4.68 Å². The zero-order valence-corrected chi connectivity index (χ0v) is 13.9. The number of anilines is 3. The summed E-state index contributed by atoms with van der Waals surface area (Å²) in [4.78, 5) is 8.70. The summed E-state index contributed by atoms with van der Waals surface area (Å²) < 4.78 is 1.71. The van der Waals surface area contributed by atoms with Crippen molar-refractivity contribution < 1.29 is 0 Å². The molecule has 1 aliphatic carbocycles. The largest absolute Gasteiger partial charge is 0.366 e. The van der Waals surface area contributed by atoms with Gasteiger partial charge in [0.15, 0.2) is 5.82 Å². The minimum Gasteiger partial charge on any atom is -0.366 e. The lowest BCUT2D eigenvalue weighted by atomic mass is 9.86. The molecule has 124 valence electrons. The van der Waals surface area contributed by atoms with Gasteiger partial charge in [0.2, 0.25) is 5.95 Å². The predicted molar refractivity (Wildman–Crippen MR) is 92.0 cm³/mol. The molecule has 0 aromatic carbocycles.